The fourth-order valence-electron chi connectivity index (χ4n) is 3.89. The van der Waals surface area contributed by atoms with Gasteiger partial charge in [0.2, 0.25) is 5.91 Å². The highest BCUT2D eigenvalue weighted by atomic mass is 16.5. The van der Waals surface area contributed by atoms with Crippen LogP contribution in [0, 0.1) is 13.8 Å². The minimum Gasteiger partial charge on any atom is -0.495 e. The van der Waals surface area contributed by atoms with Crippen molar-refractivity contribution in [3.05, 3.63) is 65.2 Å². The van der Waals surface area contributed by atoms with Crippen LogP contribution in [0.4, 0.5) is 5.69 Å². The molecule has 1 aromatic heterocycles. The zero-order valence-electron chi connectivity index (χ0n) is 17.2. The topological polar surface area (TPSA) is 55.6 Å². The molecule has 0 fully saturated rings. The summed E-state index contributed by atoms with van der Waals surface area (Å²) in [6.45, 7) is 4.86. The van der Waals surface area contributed by atoms with Crippen LogP contribution >= 0.6 is 0 Å². The number of ether oxygens (including phenoxy) is 1. The Morgan fingerprint density at radius 2 is 1.97 bits per heavy atom. The first kappa shape index (κ1) is 19.2. The molecule has 1 aliphatic rings. The van der Waals surface area contributed by atoms with Gasteiger partial charge in [-0.1, -0.05) is 35.9 Å². The van der Waals surface area contributed by atoms with E-state index in [4.69, 9.17) is 9.15 Å². The number of fused-ring (bicyclic) bond motifs is 1. The number of methoxy groups -OCH3 is 1. The Hall–Kier alpha value is -3.08. The second kappa shape index (κ2) is 8.11. The first-order valence-electron chi connectivity index (χ1n) is 10.1. The van der Waals surface area contributed by atoms with Gasteiger partial charge in [0.25, 0.3) is 0 Å². The van der Waals surface area contributed by atoms with E-state index in [9.17, 15) is 4.79 Å². The van der Waals surface area contributed by atoms with Gasteiger partial charge in [-0.25, -0.2) is 4.98 Å². The van der Waals surface area contributed by atoms with Gasteiger partial charge < -0.3 is 14.1 Å². The quantitative estimate of drug-likeness (QED) is 0.623. The molecule has 4 rings (SSSR count). The van der Waals surface area contributed by atoms with E-state index < -0.39 is 0 Å². The van der Waals surface area contributed by atoms with Crippen LogP contribution in [0.15, 0.2) is 47.0 Å². The summed E-state index contributed by atoms with van der Waals surface area (Å²) in [6, 6.07) is 12.1. The summed E-state index contributed by atoms with van der Waals surface area (Å²) in [6.07, 6.45) is 4.49. The number of benzene rings is 2. The third-order valence-electron chi connectivity index (χ3n) is 5.52. The number of hydrogen-bond acceptors (Lipinski definition) is 4. The molecule has 3 aromatic rings. The zero-order chi connectivity index (χ0) is 20.4. The molecular formula is C24H26N2O3. The minimum absolute atomic E-state index is 0.0740. The van der Waals surface area contributed by atoms with Crippen molar-refractivity contribution in [2.24, 2.45) is 0 Å². The lowest BCUT2D eigenvalue weighted by atomic mass is 9.96. The third-order valence-corrected chi connectivity index (χ3v) is 5.52. The second-order valence-corrected chi connectivity index (χ2v) is 7.55. The highest BCUT2D eigenvalue weighted by Gasteiger charge is 2.27. The van der Waals surface area contributed by atoms with E-state index in [2.05, 4.69) is 24.9 Å². The number of anilines is 1. The number of carbonyl (C=O) groups excluding carboxylic acids is 1. The molecule has 1 amide bonds. The van der Waals surface area contributed by atoms with E-state index in [-0.39, 0.29) is 5.91 Å². The van der Waals surface area contributed by atoms with Crippen molar-refractivity contribution in [2.75, 3.05) is 18.6 Å². The van der Waals surface area contributed by atoms with Crippen LogP contribution in [0.5, 0.6) is 5.75 Å². The molecule has 150 valence electrons. The second-order valence-electron chi connectivity index (χ2n) is 7.55. The summed E-state index contributed by atoms with van der Waals surface area (Å²) < 4.78 is 11.4. The number of nitrogens with zero attached hydrogens (tertiary/aromatic N) is 2. The Bertz CT molecular complexity index is 1020. The molecule has 0 spiro atoms. The Kier molecular flexibility index (Phi) is 5.38. The molecule has 1 aliphatic heterocycles. The van der Waals surface area contributed by atoms with E-state index in [0.717, 1.165) is 35.6 Å². The number of rotatable bonds is 5. The standard InChI is InChI=1S/C24H26N2O3/c1-16-6-9-18(10-7-16)21-15-25-22(29-21)12-13-23(27)26-14-4-5-19-17(2)8-11-20(28-3)24(19)26/h6-11,15H,4-5,12-14H2,1-3H3. The average molecular weight is 390 g/mol. The van der Waals surface area contributed by atoms with Crippen LogP contribution in [-0.2, 0) is 17.6 Å². The number of oxazole rings is 1. The molecule has 0 atom stereocenters. The average Bonchev–Trinajstić information content (AvgIpc) is 3.22. The van der Waals surface area contributed by atoms with Gasteiger partial charge in [-0.15, -0.1) is 0 Å². The monoisotopic (exact) mass is 390 g/mol. The molecule has 0 saturated heterocycles. The Balaban J connectivity index is 1.48. The van der Waals surface area contributed by atoms with Gasteiger partial charge in [0.05, 0.1) is 19.0 Å². The fraction of sp³-hybridized carbons (Fsp3) is 0.333. The van der Waals surface area contributed by atoms with Crippen LogP contribution in [0.25, 0.3) is 11.3 Å². The smallest absolute Gasteiger partial charge is 0.227 e. The molecule has 0 aliphatic carbocycles. The zero-order valence-corrected chi connectivity index (χ0v) is 17.2. The summed E-state index contributed by atoms with van der Waals surface area (Å²) in [7, 11) is 1.65. The number of aromatic nitrogens is 1. The molecule has 2 heterocycles. The highest BCUT2D eigenvalue weighted by Crippen LogP contribution is 2.38. The SMILES string of the molecule is COc1ccc(C)c2c1N(C(=O)CCc1ncc(-c3ccc(C)cc3)o1)CCC2. The molecule has 0 saturated carbocycles. The third kappa shape index (κ3) is 3.90. The first-order chi connectivity index (χ1) is 14.1. The maximum absolute atomic E-state index is 13.0. The lowest BCUT2D eigenvalue weighted by Gasteiger charge is -2.32. The van der Waals surface area contributed by atoms with Gasteiger partial charge in [0.1, 0.15) is 5.75 Å². The predicted molar refractivity (Wildman–Crippen MR) is 113 cm³/mol. The lowest BCUT2D eigenvalue weighted by molar-refractivity contribution is -0.118. The van der Waals surface area contributed by atoms with Gasteiger partial charge in [-0.3, -0.25) is 4.79 Å². The van der Waals surface area contributed by atoms with Crippen molar-refractivity contribution < 1.29 is 13.9 Å². The van der Waals surface area contributed by atoms with Crippen LogP contribution in [0.1, 0.15) is 35.4 Å². The van der Waals surface area contributed by atoms with E-state index in [0.29, 0.717) is 25.3 Å². The van der Waals surface area contributed by atoms with Gasteiger partial charge >= 0.3 is 0 Å². The van der Waals surface area contributed by atoms with E-state index in [1.165, 1.54) is 16.7 Å². The molecule has 0 radical (unpaired) electrons. The number of hydrogen-bond donors (Lipinski definition) is 0. The number of aryl methyl sites for hydroxylation is 3. The van der Waals surface area contributed by atoms with Gasteiger partial charge in [-0.2, -0.15) is 0 Å². The van der Waals surface area contributed by atoms with Crippen molar-refractivity contribution in [1.29, 1.82) is 0 Å². The lowest BCUT2D eigenvalue weighted by Crippen LogP contribution is -2.36. The molecule has 2 aromatic carbocycles. The molecule has 5 heteroatoms. The fourth-order valence-corrected chi connectivity index (χ4v) is 3.89. The summed E-state index contributed by atoms with van der Waals surface area (Å²) in [5, 5.41) is 0. The van der Waals surface area contributed by atoms with Crippen molar-refractivity contribution >= 4 is 11.6 Å². The normalized spacial score (nSPS) is 13.3. The van der Waals surface area contributed by atoms with Crippen LogP contribution in [0.3, 0.4) is 0 Å². The Morgan fingerprint density at radius 1 is 1.17 bits per heavy atom. The van der Waals surface area contributed by atoms with Crippen molar-refractivity contribution in [2.45, 2.75) is 39.5 Å². The van der Waals surface area contributed by atoms with Crippen molar-refractivity contribution in [1.82, 2.24) is 4.98 Å². The molecule has 0 N–H and O–H groups in total. The molecule has 0 bridgehead atoms. The van der Waals surface area contributed by atoms with Crippen molar-refractivity contribution in [3.63, 3.8) is 0 Å². The van der Waals surface area contributed by atoms with E-state index in [1.807, 2.05) is 35.2 Å². The largest absolute Gasteiger partial charge is 0.495 e. The van der Waals surface area contributed by atoms with E-state index >= 15 is 0 Å². The summed E-state index contributed by atoms with van der Waals surface area (Å²) >= 11 is 0. The summed E-state index contributed by atoms with van der Waals surface area (Å²) in [4.78, 5) is 19.3. The van der Waals surface area contributed by atoms with Crippen LogP contribution in [-0.4, -0.2) is 24.5 Å². The predicted octanol–water partition coefficient (Wildman–Crippen LogP) is 4.88. The van der Waals surface area contributed by atoms with Gasteiger partial charge in [0.15, 0.2) is 11.7 Å². The van der Waals surface area contributed by atoms with Gasteiger partial charge in [0, 0.05) is 24.9 Å². The number of amides is 1. The summed E-state index contributed by atoms with van der Waals surface area (Å²) in [5.41, 5.74) is 5.53. The molecule has 29 heavy (non-hydrogen) atoms. The van der Waals surface area contributed by atoms with E-state index in [1.54, 1.807) is 13.3 Å². The van der Waals surface area contributed by atoms with Crippen LogP contribution < -0.4 is 9.64 Å². The molecule has 5 nitrogen and oxygen atoms in total. The Labute approximate surface area is 171 Å². The summed E-state index contributed by atoms with van der Waals surface area (Å²) in [5.74, 6) is 2.15. The highest BCUT2D eigenvalue weighted by molar-refractivity contribution is 5.96. The maximum Gasteiger partial charge on any atom is 0.227 e. The first-order valence-corrected chi connectivity index (χ1v) is 10.1. The van der Waals surface area contributed by atoms with Gasteiger partial charge in [-0.05, 0) is 43.9 Å². The molecular weight excluding hydrogens is 364 g/mol. The molecule has 0 unspecified atom stereocenters. The van der Waals surface area contributed by atoms with Crippen LogP contribution in [0.2, 0.25) is 0 Å². The van der Waals surface area contributed by atoms with Crippen molar-refractivity contribution in [3.8, 4) is 17.1 Å². The maximum atomic E-state index is 13.0. The number of carbonyl (C=O) groups is 1. The Morgan fingerprint density at radius 3 is 2.72 bits per heavy atom. The minimum atomic E-state index is 0.0740.